The first-order valence-corrected chi connectivity index (χ1v) is 11.1. The molecule has 2 heterocycles. The van der Waals surface area contributed by atoms with Crippen LogP contribution in [0.25, 0.3) is 11.1 Å². The Morgan fingerprint density at radius 3 is 2.41 bits per heavy atom. The van der Waals surface area contributed by atoms with Crippen molar-refractivity contribution in [2.24, 2.45) is 0 Å². The topological polar surface area (TPSA) is 151 Å². The van der Waals surface area contributed by atoms with E-state index in [1.165, 1.54) is 0 Å². The van der Waals surface area contributed by atoms with Gasteiger partial charge in [-0.1, -0.05) is 25.5 Å². The smallest absolute Gasteiger partial charge is 0.158 e. The Labute approximate surface area is 197 Å². The number of nitrogen functional groups attached to an aromatic ring is 1. The van der Waals surface area contributed by atoms with Gasteiger partial charge in [-0.2, -0.15) is 10.5 Å². The zero-order valence-electron chi connectivity index (χ0n) is 19.0. The zero-order valence-corrected chi connectivity index (χ0v) is 19.0. The van der Waals surface area contributed by atoms with Gasteiger partial charge in [0.1, 0.15) is 48.4 Å². The number of hydrogen-bond acceptors (Lipinski definition) is 9. The summed E-state index contributed by atoms with van der Waals surface area (Å²) < 4.78 is 22.8. The van der Waals surface area contributed by atoms with E-state index in [4.69, 9.17) is 24.7 Å². The molecule has 4 rings (SSSR count). The van der Waals surface area contributed by atoms with E-state index in [-0.39, 0.29) is 29.0 Å². The van der Waals surface area contributed by atoms with Crippen LogP contribution in [0.2, 0.25) is 0 Å². The van der Waals surface area contributed by atoms with E-state index in [1.54, 1.807) is 37.4 Å². The molecule has 0 amide bonds. The van der Waals surface area contributed by atoms with Crippen molar-refractivity contribution in [3.63, 3.8) is 0 Å². The number of methoxy groups -OCH3 is 1. The number of hydrogen-bond donors (Lipinski definition) is 3. The highest BCUT2D eigenvalue weighted by atomic mass is 16.7. The Bertz CT molecular complexity index is 1120. The van der Waals surface area contributed by atoms with Crippen LogP contribution < -0.4 is 10.5 Å². The SMILES string of the molecule is CCCC1OC[C@H]2O[C@@H](c3cc(-c4ccc(OC)cc4)c(C#N)c(N)c3C#N)[C@H](O)[C@@H](O)[C@@H]2O1. The second-order valence-corrected chi connectivity index (χ2v) is 8.36. The molecule has 34 heavy (non-hydrogen) atoms. The van der Waals surface area contributed by atoms with Crippen LogP contribution in [0.5, 0.6) is 5.75 Å². The van der Waals surface area contributed by atoms with Crippen molar-refractivity contribution in [1.29, 1.82) is 10.5 Å². The van der Waals surface area contributed by atoms with Crippen molar-refractivity contribution in [3.8, 4) is 29.0 Å². The molecule has 1 unspecified atom stereocenters. The summed E-state index contributed by atoms with van der Waals surface area (Å²) in [5.41, 5.74) is 7.82. The number of aliphatic hydroxyl groups is 2. The molecule has 0 saturated carbocycles. The number of ether oxygens (including phenoxy) is 4. The van der Waals surface area contributed by atoms with Gasteiger partial charge in [-0.05, 0) is 30.2 Å². The highest BCUT2D eigenvalue weighted by Gasteiger charge is 2.49. The second-order valence-electron chi connectivity index (χ2n) is 8.36. The van der Waals surface area contributed by atoms with Gasteiger partial charge >= 0.3 is 0 Å². The van der Waals surface area contributed by atoms with Gasteiger partial charge in [-0.3, -0.25) is 0 Å². The minimum Gasteiger partial charge on any atom is -0.497 e. The first-order valence-electron chi connectivity index (χ1n) is 11.1. The normalized spacial score (nSPS) is 28.4. The van der Waals surface area contributed by atoms with Crippen LogP contribution in [0.4, 0.5) is 5.69 Å². The van der Waals surface area contributed by atoms with E-state index in [0.717, 1.165) is 6.42 Å². The highest BCUT2D eigenvalue weighted by molar-refractivity contribution is 5.82. The Kier molecular flexibility index (Phi) is 7.03. The van der Waals surface area contributed by atoms with Crippen molar-refractivity contribution in [2.45, 2.75) is 56.6 Å². The van der Waals surface area contributed by atoms with Gasteiger partial charge in [0.25, 0.3) is 0 Å². The summed E-state index contributed by atoms with van der Waals surface area (Å²) in [5, 5.41) is 41.5. The van der Waals surface area contributed by atoms with Crippen LogP contribution in [0.1, 0.15) is 42.6 Å². The largest absolute Gasteiger partial charge is 0.497 e. The fourth-order valence-corrected chi connectivity index (χ4v) is 4.50. The fourth-order valence-electron chi connectivity index (χ4n) is 4.50. The van der Waals surface area contributed by atoms with Gasteiger partial charge in [0, 0.05) is 11.1 Å². The van der Waals surface area contributed by atoms with Crippen LogP contribution in [-0.4, -0.2) is 54.6 Å². The number of anilines is 1. The summed E-state index contributed by atoms with van der Waals surface area (Å²) in [7, 11) is 1.55. The second kappa shape index (κ2) is 9.98. The molecule has 0 aliphatic carbocycles. The maximum atomic E-state index is 11.0. The lowest BCUT2D eigenvalue weighted by molar-refractivity contribution is -0.327. The average molecular weight is 466 g/mol. The first-order chi connectivity index (χ1) is 16.4. The van der Waals surface area contributed by atoms with Crippen LogP contribution in [0, 0.1) is 22.7 Å². The van der Waals surface area contributed by atoms with Gasteiger partial charge < -0.3 is 34.9 Å². The molecule has 6 atom stereocenters. The van der Waals surface area contributed by atoms with Crippen molar-refractivity contribution in [3.05, 3.63) is 47.0 Å². The highest BCUT2D eigenvalue weighted by Crippen LogP contribution is 2.42. The minimum atomic E-state index is -1.38. The molecular weight excluding hydrogens is 438 g/mol. The fraction of sp³-hybridized carbons (Fsp3) is 0.440. The summed E-state index contributed by atoms with van der Waals surface area (Å²) in [4.78, 5) is 0. The van der Waals surface area contributed by atoms with Gasteiger partial charge in [-0.15, -0.1) is 0 Å². The predicted octanol–water partition coefficient (Wildman–Crippen LogP) is 2.39. The van der Waals surface area contributed by atoms with Gasteiger partial charge in [0.2, 0.25) is 0 Å². The Balaban J connectivity index is 1.76. The number of nitrogens with two attached hydrogens (primary N) is 1. The number of aliphatic hydroxyl groups excluding tert-OH is 2. The first kappa shape index (κ1) is 24.0. The number of rotatable bonds is 5. The maximum Gasteiger partial charge on any atom is 0.158 e. The molecule has 2 aliphatic heterocycles. The summed E-state index contributed by atoms with van der Waals surface area (Å²) >= 11 is 0. The number of fused-ring (bicyclic) bond motifs is 1. The number of nitriles is 2. The summed E-state index contributed by atoms with van der Waals surface area (Å²) in [6.07, 6.45) is -4.12. The van der Waals surface area contributed by atoms with Gasteiger partial charge in [-0.25, -0.2) is 0 Å². The maximum absolute atomic E-state index is 11.0. The van der Waals surface area contributed by atoms with E-state index in [0.29, 0.717) is 23.3 Å². The van der Waals surface area contributed by atoms with Crippen LogP contribution in [0.15, 0.2) is 30.3 Å². The van der Waals surface area contributed by atoms with Crippen LogP contribution in [-0.2, 0) is 14.2 Å². The molecular formula is C25H27N3O6. The molecule has 9 heteroatoms. The lowest BCUT2D eigenvalue weighted by atomic mass is 9.85. The number of nitrogens with zero attached hydrogens (tertiary/aromatic N) is 2. The summed E-state index contributed by atoms with van der Waals surface area (Å²) in [6.45, 7) is 2.17. The lowest BCUT2D eigenvalue weighted by Gasteiger charge is -2.47. The molecule has 4 N–H and O–H groups in total. The van der Waals surface area contributed by atoms with Crippen molar-refractivity contribution in [1.82, 2.24) is 0 Å². The Hall–Kier alpha value is -3.18. The van der Waals surface area contributed by atoms with Crippen molar-refractivity contribution in [2.75, 3.05) is 19.5 Å². The lowest BCUT2D eigenvalue weighted by Crippen LogP contribution is -2.60. The molecule has 0 bridgehead atoms. The molecule has 2 aromatic carbocycles. The molecule has 9 nitrogen and oxygen atoms in total. The van der Waals surface area contributed by atoms with E-state index in [1.807, 2.05) is 13.0 Å². The number of benzene rings is 2. The van der Waals surface area contributed by atoms with Crippen molar-refractivity contribution < 1.29 is 29.2 Å². The molecule has 0 aromatic heterocycles. The molecule has 0 spiro atoms. The standard InChI is InChI=1S/C25H27N3O6/c1-3-4-20-32-12-19-25(34-20)23(30)22(29)24(33-19)16-9-15(13-5-7-14(31-2)8-6-13)17(10-26)21(28)18(16)11-27/h5-9,19-20,22-25,29-30H,3-4,12,28H2,1-2H3/t19-,20?,22-,23-,24+,25-/m1/s1. The summed E-state index contributed by atoms with van der Waals surface area (Å²) in [6, 6.07) is 12.7. The Morgan fingerprint density at radius 1 is 1.09 bits per heavy atom. The van der Waals surface area contributed by atoms with Gasteiger partial charge in [0.15, 0.2) is 6.29 Å². The molecule has 0 radical (unpaired) electrons. The zero-order chi connectivity index (χ0) is 24.4. The average Bonchev–Trinajstić information content (AvgIpc) is 2.86. The molecule has 2 aliphatic rings. The van der Waals surface area contributed by atoms with E-state index < -0.39 is 36.8 Å². The molecule has 2 aromatic rings. The van der Waals surface area contributed by atoms with E-state index in [2.05, 4.69) is 6.07 Å². The third-order valence-electron chi connectivity index (χ3n) is 6.29. The quantitative estimate of drug-likeness (QED) is 0.565. The Morgan fingerprint density at radius 2 is 1.79 bits per heavy atom. The van der Waals surface area contributed by atoms with Gasteiger partial charge in [0.05, 0.1) is 30.5 Å². The van der Waals surface area contributed by atoms with E-state index in [9.17, 15) is 20.7 Å². The minimum absolute atomic E-state index is 0.0140. The third-order valence-corrected chi connectivity index (χ3v) is 6.29. The molecule has 178 valence electrons. The van der Waals surface area contributed by atoms with Crippen LogP contribution >= 0.6 is 0 Å². The predicted molar refractivity (Wildman–Crippen MR) is 121 cm³/mol. The summed E-state index contributed by atoms with van der Waals surface area (Å²) in [5.74, 6) is 0.642. The third kappa shape index (κ3) is 4.21. The van der Waals surface area contributed by atoms with E-state index >= 15 is 0 Å². The monoisotopic (exact) mass is 465 g/mol. The van der Waals surface area contributed by atoms with Crippen molar-refractivity contribution >= 4 is 5.69 Å². The van der Waals surface area contributed by atoms with Crippen LogP contribution in [0.3, 0.4) is 0 Å². The molecule has 2 fully saturated rings. The molecule has 2 saturated heterocycles.